The molecule has 1 saturated heterocycles. The fraction of sp³-hybridized carbons (Fsp3) is 0.882. The molecule has 5 nitrogen and oxygen atoms in total. The summed E-state index contributed by atoms with van der Waals surface area (Å²) in [5.74, 6) is 0.0697. The van der Waals surface area contributed by atoms with Crippen molar-refractivity contribution in [2.75, 3.05) is 13.2 Å². The number of carbonyl (C=O) groups excluding carboxylic acids is 2. The summed E-state index contributed by atoms with van der Waals surface area (Å²) in [7, 11) is 0. The maximum absolute atomic E-state index is 12.0. The molecule has 1 aliphatic heterocycles. The van der Waals surface area contributed by atoms with Crippen molar-refractivity contribution in [1.82, 2.24) is 5.32 Å². The number of hydrogen-bond donors (Lipinski definition) is 1. The van der Waals surface area contributed by atoms with Gasteiger partial charge in [0.2, 0.25) is 5.91 Å². The second-order valence-corrected chi connectivity index (χ2v) is 7.81. The quantitative estimate of drug-likeness (QED) is 0.720. The normalized spacial score (nSPS) is 28.5. The summed E-state index contributed by atoms with van der Waals surface area (Å²) in [6, 6.07) is 0. The Kier molecular flexibility index (Phi) is 7.70. The fourth-order valence-electron chi connectivity index (χ4n) is 3.23. The molecule has 2 aliphatic rings. The van der Waals surface area contributed by atoms with Crippen molar-refractivity contribution in [2.45, 2.75) is 75.5 Å². The van der Waals surface area contributed by atoms with E-state index in [0.717, 1.165) is 19.3 Å². The van der Waals surface area contributed by atoms with Crippen LogP contribution in [-0.4, -0.2) is 41.8 Å². The standard InChI is InChI=1S/C17H29NO4S/c1-3-21-17(20)16-12(2)11-15(23-16)18-14(19)9-10-22-13-7-5-4-6-8-13/h12-13,15-16H,3-11H2,1-2H3,(H,18,19). The third kappa shape index (κ3) is 5.99. The number of thioether (sulfide) groups is 1. The molecular formula is C17H29NO4S. The third-order valence-electron chi connectivity index (χ3n) is 4.49. The van der Waals surface area contributed by atoms with Crippen molar-refractivity contribution in [3.05, 3.63) is 0 Å². The lowest BCUT2D eigenvalue weighted by Crippen LogP contribution is -2.32. The minimum absolute atomic E-state index is 0.00147. The summed E-state index contributed by atoms with van der Waals surface area (Å²) in [5.41, 5.74) is 0. The van der Waals surface area contributed by atoms with Gasteiger partial charge in [-0.25, -0.2) is 0 Å². The topological polar surface area (TPSA) is 64.6 Å². The molecule has 0 spiro atoms. The molecule has 1 aliphatic carbocycles. The number of amides is 1. The van der Waals surface area contributed by atoms with Gasteiger partial charge in [0.1, 0.15) is 5.25 Å². The van der Waals surface area contributed by atoms with Crippen molar-refractivity contribution in [1.29, 1.82) is 0 Å². The molecule has 0 radical (unpaired) electrons. The molecule has 1 amide bonds. The van der Waals surface area contributed by atoms with Crippen LogP contribution in [0.5, 0.6) is 0 Å². The Morgan fingerprint density at radius 1 is 1.22 bits per heavy atom. The van der Waals surface area contributed by atoms with E-state index in [1.54, 1.807) is 0 Å². The van der Waals surface area contributed by atoms with E-state index < -0.39 is 0 Å². The summed E-state index contributed by atoms with van der Waals surface area (Å²) in [4.78, 5) is 23.9. The van der Waals surface area contributed by atoms with Crippen molar-refractivity contribution < 1.29 is 19.1 Å². The van der Waals surface area contributed by atoms with Gasteiger partial charge in [-0.15, -0.1) is 11.8 Å². The fourth-order valence-corrected chi connectivity index (χ4v) is 4.76. The van der Waals surface area contributed by atoms with Crippen LogP contribution >= 0.6 is 11.8 Å². The molecule has 3 unspecified atom stereocenters. The molecule has 0 aromatic carbocycles. The zero-order valence-corrected chi connectivity index (χ0v) is 15.0. The summed E-state index contributed by atoms with van der Waals surface area (Å²) >= 11 is 1.51. The van der Waals surface area contributed by atoms with Gasteiger partial charge in [-0.2, -0.15) is 0 Å². The molecule has 1 N–H and O–H groups in total. The molecule has 2 rings (SSSR count). The second-order valence-electron chi connectivity index (χ2n) is 6.46. The Balaban J connectivity index is 1.64. The average molecular weight is 343 g/mol. The molecule has 2 fully saturated rings. The van der Waals surface area contributed by atoms with Gasteiger partial charge in [0.05, 0.1) is 31.1 Å². The SMILES string of the molecule is CCOC(=O)C1SC(NC(=O)CCOC2CCCCC2)CC1C. The highest BCUT2D eigenvalue weighted by atomic mass is 32.2. The van der Waals surface area contributed by atoms with E-state index in [1.165, 1.54) is 31.0 Å². The molecule has 6 heteroatoms. The van der Waals surface area contributed by atoms with Gasteiger partial charge in [0, 0.05) is 0 Å². The van der Waals surface area contributed by atoms with E-state index in [4.69, 9.17) is 9.47 Å². The Labute approximate surface area is 143 Å². The first-order valence-corrected chi connectivity index (χ1v) is 9.77. The van der Waals surface area contributed by atoms with Gasteiger partial charge in [-0.05, 0) is 32.1 Å². The van der Waals surface area contributed by atoms with E-state index in [0.29, 0.717) is 25.7 Å². The smallest absolute Gasteiger partial charge is 0.319 e. The van der Waals surface area contributed by atoms with Gasteiger partial charge in [-0.3, -0.25) is 9.59 Å². The van der Waals surface area contributed by atoms with Crippen LogP contribution in [0.4, 0.5) is 0 Å². The first-order valence-electron chi connectivity index (χ1n) is 8.83. The van der Waals surface area contributed by atoms with Crippen molar-refractivity contribution in [2.24, 2.45) is 5.92 Å². The average Bonchev–Trinajstić information content (AvgIpc) is 2.89. The van der Waals surface area contributed by atoms with E-state index in [9.17, 15) is 9.59 Å². The molecule has 132 valence electrons. The van der Waals surface area contributed by atoms with Gasteiger partial charge in [0.15, 0.2) is 0 Å². The first kappa shape index (κ1) is 18.6. The molecule has 0 aromatic rings. The molecular weight excluding hydrogens is 314 g/mol. The lowest BCUT2D eigenvalue weighted by molar-refractivity contribution is -0.143. The lowest BCUT2D eigenvalue weighted by atomic mass is 9.98. The second kappa shape index (κ2) is 9.52. The van der Waals surface area contributed by atoms with Crippen LogP contribution in [0, 0.1) is 5.92 Å². The summed E-state index contributed by atoms with van der Waals surface area (Å²) in [5, 5.41) is 2.84. The highest BCUT2D eigenvalue weighted by Crippen LogP contribution is 2.37. The van der Waals surface area contributed by atoms with Crippen LogP contribution in [0.3, 0.4) is 0 Å². The largest absolute Gasteiger partial charge is 0.465 e. The number of carbonyl (C=O) groups is 2. The minimum atomic E-state index is -0.168. The van der Waals surface area contributed by atoms with Gasteiger partial charge in [0.25, 0.3) is 0 Å². The van der Waals surface area contributed by atoms with Crippen molar-refractivity contribution in [3.8, 4) is 0 Å². The maximum atomic E-state index is 12.0. The molecule has 0 aromatic heterocycles. The molecule has 3 atom stereocenters. The third-order valence-corrected chi connectivity index (χ3v) is 6.08. The maximum Gasteiger partial charge on any atom is 0.319 e. The lowest BCUT2D eigenvalue weighted by Gasteiger charge is -2.22. The number of ether oxygens (including phenoxy) is 2. The predicted octanol–water partition coefficient (Wildman–Crippen LogP) is 2.87. The molecule has 1 heterocycles. The summed E-state index contributed by atoms with van der Waals surface area (Å²) in [6.07, 6.45) is 7.57. The van der Waals surface area contributed by atoms with Gasteiger partial charge in [-0.1, -0.05) is 26.2 Å². The van der Waals surface area contributed by atoms with Crippen LogP contribution in [0.15, 0.2) is 0 Å². The monoisotopic (exact) mass is 343 g/mol. The Bertz CT molecular complexity index is 398. The van der Waals surface area contributed by atoms with Gasteiger partial charge >= 0.3 is 5.97 Å². The zero-order valence-electron chi connectivity index (χ0n) is 14.2. The van der Waals surface area contributed by atoms with Crippen LogP contribution in [0.1, 0.15) is 58.8 Å². The van der Waals surface area contributed by atoms with E-state index in [2.05, 4.69) is 5.32 Å². The Hall–Kier alpha value is -0.750. The molecule has 1 saturated carbocycles. The highest BCUT2D eigenvalue weighted by Gasteiger charge is 2.38. The van der Waals surface area contributed by atoms with Crippen molar-refractivity contribution in [3.63, 3.8) is 0 Å². The van der Waals surface area contributed by atoms with E-state index >= 15 is 0 Å². The zero-order chi connectivity index (χ0) is 16.7. The predicted molar refractivity (Wildman–Crippen MR) is 91.2 cm³/mol. The minimum Gasteiger partial charge on any atom is -0.465 e. The van der Waals surface area contributed by atoms with E-state index in [-0.39, 0.29) is 28.4 Å². The first-order chi connectivity index (χ1) is 11.1. The number of rotatable bonds is 7. The van der Waals surface area contributed by atoms with Gasteiger partial charge < -0.3 is 14.8 Å². The number of nitrogens with one attached hydrogen (secondary N) is 1. The number of esters is 1. The van der Waals surface area contributed by atoms with Crippen LogP contribution < -0.4 is 5.32 Å². The van der Waals surface area contributed by atoms with E-state index in [1.807, 2.05) is 13.8 Å². The Morgan fingerprint density at radius 2 is 1.96 bits per heavy atom. The van der Waals surface area contributed by atoms with Crippen LogP contribution in [0.2, 0.25) is 0 Å². The van der Waals surface area contributed by atoms with Crippen LogP contribution in [-0.2, 0) is 19.1 Å². The Morgan fingerprint density at radius 3 is 2.65 bits per heavy atom. The van der Waals surface area contributed by atoms with Crippen molar-refractivity contribution >= 4 is 23.6 Å². The summed E-state index contributed by atoms with van der Waals surface area (Å²) in [6.45, 7) is 4.74. The highest BCUT2D eigenvalue weighted by molar-refractivity contribution is 8.01. The number of hydrogen-bond acceptors (Lipinski definition) is 5. The van der Waals surface area contributed by atoms with Crippen LogP contribution in [0.25, 0.3) is 0 Å². The summed E-state index contributed by atoms with van der Waals surface area (Å²) < 4.78 is 10.9. The molecule has 0 bridgehead atoms. The molecule has 23 heavy (non-hydrogen) atoms.